The summed E-state index contributed by atoms with van der Waals surface area (Å²) in [7, 11) is 1.47. The van der Waals surface area contributed by atoms with Crippen LogP contribution in [-0.4, -0.2) is 38.2 Å². The van der Waals surface area contributed by atoms with E-state index in [2.05, 4.69) is 5.32 Å². The second kappa shape index (κ2) is 8.91. The minimum Gasteiger partial charge on any atom is -0.464 e. The number of nitrogens with one attached hydrogen (secondary N) is 1. The molecule has 0 rings (SSSR count). The average Bonchev–Trinajstić information content (AvgIpc) is 2.33. The first-order chi connectivity index (χ1) is 8.43. The first-order valence-electron chi connectivity index (χ1n) is 6.41. The molecule has 0 aliphatic rings. The summed E-state index contributed by atoms with van der Waals surface area (Å²) in [4.78, 5) is 23.0. The smallest absolute Gasteiger partial charge is 0.309 e. The van der Waals surface area contributed by atoms with Crippen molar-refractivity contribution in [2.75, 3.05) is 20.3 Å². The number of rotatable bonds is 8. The lowest BCUT2D eigenvalue weighted by molar-refractivity contribution is -0.150. The summed E-state index contributed by atoms with van der Waals surface area (Å²) in [6, 6.07) is 0. The first kappa shape index (κ1) is 16.9. The van der Waals surface area contributed by atoms with Gasteiger partial charge in [-0.1, -0.05) is 20.8 Å². The van der Waals surface area contributed by atoms with Crippen LogP contribution in [0.4, 0.5) is 0 Å². The van der Waals surface area contributed by atoms with Gasteiger partial charge in [-0.05, 0) is 19.3 Å². The van der Waals surface area contributed by atoms with Crippen molar-refractivity contribution in [1.82, 2.24) is 5.32 Å². The third kappa shape index (κ3) is 6.00. The second-order valence-corrected chi connectivity index (χ2v) is 4.60. The normalized spacial score (nSPS) is 14.1. The minimum atomic E-state index is -0.486. The topological polar surface area (TPSA) is 64.6 Å². The van der Waals surface area contributed by atoms with Crippen LogP contribution in [-0.2, 0) is 19.1 Å². The van der Waals surface area contributed by atoms with Crippen molar-refractivity contribution in [2.24, 2.45) is 11.8 Å². The Kier molecular flexibility index (Phi) is 8.37. The van der Waals surface area contributed by atoms with Crippen LogP contribution in [0.3, 0.4) is 0 Å². The summed E-state index contributed by atoms with van der Waals surface area (Å²) in [5.74, 6) is -0.199. The molecule has 0 aliphatic carbocycles. The third-order valence-electron chi connectivity index (χ3n) is 2.92. The second-order valence-electron chi connectivity index (χ2n) is 4.60. The molecule has 0 aromatic carbocycles. The van der Waals surface area contributed by atoms with Gasteiger partial charge in [-0.25, -0.2) is 0 Å². The number of hydrogen-bond acceptors (Lipinski definition) is 4. The summed E-state index contributed by atoms with van der Waals surface area (Å²) in [6.07, 6.45) is 0.281. The molecule has 0 aromatic rings. The first-order valence-corrected chi connectivity index (χ1v) is 6.41. The van der Waals surface area contributed by atoms with Gasteiger partial charge in [0, 0.05) is 7.11 Å². The maximum Gasteiger partial charge on any atom is 0.309 e. The van der Waals surface area contributed by atoms with Crippen LogP contribution >= 0.6 is 0 Å². The van der Waals surface area contributed by atoms with Crippen LogP contribution in [0.25, 0.3) is 0 Å². The predicted molar refractivity (Wildman–Crippen MR) is 69.1 cm³/mol. The van der Waals surface area contributed by atoms with Crippen LogP contribution in [0, 0.1) is 11.8 Å². The van der Waals surface area contributed by atoms with Crippen LogP contribution in [0.1, 0.15) is 34.1 Å². The average molecular weight is 259 g/mol. The van der Waals surface area contributed by atoms with E-state index in [1.54, 1.807) is 6.92 Å². The highest BCUT2D eigenvalue weighted by molar-refractivity contribution is 5.80. The number of methoxy groups -OCH3 is 1. The summed E-state index contributed by atoms with van der Waals surface area (Å²) in [5, 5.41) is 2.63. The van der Waals surface area contributed by atoms with Gasteiger partial charge in [-0.3, -0.25) is 9.59 Å². The van der Waals surface area contributed by atoms with Crippen LogP contribution in [0.5, 0.6) is 0 Å². The zero-order valence-corrected chi connectivity index (χ0v) is 12.0. The van der Waals surface area contributed by atoms with Crippen LogP contribution in [0.2, 0.25) is 0 Å². The highest BCUT2D eigenvalue weighted by Crippen LogP contribution is 2.16. The fourth-order valence-electron chi connectivity index (χ4n) is 1.59. The molecule has 0 fully saturated rings. The zero-order chi connectivity index (χ0) is 14.1. The molecule has 5 nitrogen and oxygen atoms in total. The van der Waals surface area contributed by atoms with E-state index in [1.807, 2.05) is 20.8 Å². The highest BCUT2D eigenvalue weighted by atomic mass is 16.5. The van der Waals surface area contributed by atoms with Gasteiger partial charge in [-0.15, -0.1) is 0 Å². The summed E-state index contributed by atoms with van der Waals surface area (Å²) in [6.45, 7) is 8.13. The van der Waals surface area contributed by atoms with Crippen molar-refractivity contribution in [1.29, 1.82) is 0 Å². The number of hydrogen-bond donors (Lipinski definition) is 1. The highest BCUT2D eigenvalue weighted by Gasteiger charge is 2.21. The van der Waals surface area contributed by atoms with E-state index in [-0.39, 0.29) is 30.3 Å². The van der Waals surface area contributed by atoms with E-state index < -0.39 is 6.10 Å². The number of amides is 1. The minimum absolute atomic E-state index is 0.0707. The van der Waals surface area contributed by atoms with Crippen molar-refractivity contribution >= 4 is 11.9 Å². The van der Waals surface area contributed by atoms with Crippen molar-refractivity contribution in [3.63, 3.8) is 0 Å². The van der Waals surface area contributed by atoms with E-state index in [0.29, 0.717) is 6.54 Å². The summed E-state index contributed by atoms with van der Waals surface area (Å²) < 4.78 is 9.98. The Morgan fingerprint density at radius 2 is 1.83 bits per heavy atom. The standard InChI is InChI=1S/C13H25NO4/c1-6-11(9(2)3)13(16)18-8-7-14-12(15)10(4)17-5/h9-11H,6-8H2,1-5H3,(H,14,15). The molecule has 0 spiro atoms. The van der Waals surface area contributed by atoms with E-state index in [9.17, 15) is 9.59 Å². The molecular weight excluding hydrogens is 234 g/mol. The molecular formula is C13H25NO4. The van der Waals surface area contributed by atoms with E-state index in [0.717, 1.165) is 6.42 Å². The molecule has 106 valence electrons. The Hall–Kier alpha value is -1.10. The predicted octanol–water partition coefficient (Wildman–Crippen LogP) is 1.36. The number of carbonyl (C=O) groups excluding carboxylic acids is 2. The summed E-state index contributed by atoms with van der Waals surface area (Å²) in [5.41, 5.74) is 0. The quantitative estimate of drug-likeness (QED) is 0.528. The van der Waals surface area contributed by atoms with Gasteiger partial charge in [0.2, 0.25) is 5.91 Å². The van der Waals surface area contributed by atoms with Crippen molar-refractivity contribution in [2.45, 2.75) is 40.2 Å². The van der Waals surface area contributed by atoms with Gasteiger partial charge in [-0.2, -0.15) is 0 Å². The van der Waals surface area contributed by atoms with Gasteiger partial charge in [0.15, 0.2) is 0 Å². The van der Waals surface area contributed by atoms with Crippen LogP contribution in [0.15, 0.2) is 0 Å². The molecule has 0 aliphatic heterocycles. The lowest BCUT2D eigenvalue weighted by atomic mass is 9.94. The summed E-state index contributed by atoms with van der Waals surface area (Å²) >= 11 is 0. The molecule has 18 heavy (non-hydrogen) atoms. The SMILES string of the molecule is CCC(C(=O)OCCNC(=O)C(C)OC)C(C)C. The molecule has 0 radical (unpaired) electrons. The fraction of sp³-hybridized carbons (Fsp3) is 0.846. The molecule has 0 bridgehead atoms. The number of esters is 1. The number of ether oxygens (including phenoxy) is 2. The Morgan fingerprint density at radius 1 is 1.22 bits per heavy atom. The van der Waals surface area contributed by atoms with Crippen molar-refractivity contribution in [3.8, 4) is 0 Å². The van der Waals surface area contributed by atoms with Gasteiger partial charge >= 0.3 is 5.97 Å². The third-order valence-corrected chi connectivity index (χ3v) is 2.92. The van der Waals surface area contributed by atoms with Gasteiger partial charge in [0.25, 0.3) is 0 Å². The molecule has 0 saturated heterocycles. The van der Waals surface area contributed by atoms with Gasteiger partial charge in [0.1, 0.15) is 12.7 Å². The largest absolute Gasteiger partial charge is 0.464 e. The maximum absolute atomic E-state index is 11.7. The molecule has 2 atom stereocenters. The van der Waals surface area contributed by atoms with Crippen molar-refractivity contribution in [3.05, 3.63) is 0 Å². The maximum atomic E-state index is 11.7. The molecule has 2 unspecified atom stereocenters. The zero-order valence-electron chi connectivity index (χ0n) is 12.0. The van der Waals surface area contributed by atoms with Crippen LogP contribution < -0.4 is 5.32 Å². The molecule has 0 saturated carbocycles. The monoisotopic (exact) mass is 259 g/mol. The molecule has 5 heteroatoms. The Balaban J connectivity index is 3.85. The fourth-order valence-corrected chi connectivity index (χ4v) is 1.59. The van der Waals surface area contributed by atoms with Gasteiger partial charge in [0.05, 0.1) is 12.5 Å². The lowest BCUT2D eigenvalue weighted by Gasteiger charge is -2.17. The molecule has 1 amide bonds. The lowest BCUT2D eigenvalue weighted by Crippen LogP contribution is -2.36. The Labute approximate surface area is 109 Å². The van der Waals surface area contributed by atoms with E-state index in [1.165, 1.54) is 7.11 Å². The Morgan fingerprint density at radius 3 is 2.28 bits per heavy atom. The van der Waals surface area contributed by atoms with E-state index >= 15 is 0 Å². The van der Waals surface area contributed by atoms with E-state index in [4.69, 9.17) is 9.47 Å². The number of carbonyl (C=O) groups is 2. The molecule has 0 aromatic heterocycles. The van der Waals surface area contributed by atoms with Crippen molar-refractivity contribution < 1.29 is 19.1 Å². The molecule has 0 heterocycles. The molecule has 1 N–H and O–H groups in total. The Bertz CT molecular complexity index is 266. The van der Waals surface area contributed by atoms with Gasteiger partial charge < -0.3 is 14.8 Å².